The quantitative estimate of drug-likeness (QED) is 0.569. The lowest BCUT2D eigenvalue weighted by Gasteiger charge is -2.01. The van der Waals surface area contributed by atoms with Crippen LogP contribution in [0.1, 0.15) is 5.56 Å². The second-order valence-electron chi connectivity index (χ2n) is 2.31. The van der Waals surface area contributed by atoms with Crippen LogP contribution in [0.5, 0.6) is 0 Å². The Morgan fingerprint density at radius 3 is 3.00 bits per heavy atom. The number of amides is 2. The molecule has 0 radical (unpaired) electrons. The zero-order chi connectivity index (χ0) is 8.97. The van der Waals surface area contributed by atoms with E-state index in [9.17, 15) is 4.79 Å². The maximum Gasteiger partial charge on any atom is 0.312 e. The van der Waals surface area contributed by atoms with Crippen molar-refractivity contribution in [3.8, 4) is 0 Å². The van der Waals surface area contributed by atoms with E-state index in [0.717, 1.165) is 5.56 Å². The van der Waals surface area contributed by atoms with E-state index in [1.54, 1.807) is 18.3 Å². The molecule has 0 aliphatic heterocycles. The van der Waals surface area contributed by atoms with Gasteiger partial charge < -0.3 is 16.8 Å². The topological polar surface area (TPSA) is 94.0 Å². The number of rotatable bonds is 2. The van der Waals surface area contributed by atoms with Gasteiger partial charge in [-0.2, -0.15) is 0 Å². The van der Waals surface area contributed by atoms with E-state index in [0.29, 0.717) is 12.4 Å². The summed E-state index contributed by atoms with van der Waals surface area (Å²) in [7, 11) is 0. The van der Waals surface area contributed by atoms with Crippen LogP contribution in [0.2, 0.25) is 0 Å². The number of carbonyl (C=O) groups is 1. The van der Waals surface area contributed by atoms with Gasteiger partial charge in [-0.1, -0.05) is 0 Å². The third kappa shape index (κ3) is 2.45. The molecule has 0 unspecified atom stereocenters. The standard InChI is InChI=1S/C7H10N4O/c8-6-3-5(1-2-10-6)4-11-7(9)12/h1-3H,4H2,(H2,8,10)(H3,9,11,12). The molecule has 0 aliphatic rings. The van der Waals surface area contributed by atoms with Gasteiger partial charge in [-0.3, -0.25) is 0 Å². The Bertz CT molecular complexity index is 286. The first-order valence-corrected chi connectivity index (χ1v) is 3.42. The minimum atomic E-state index is -0.551. The molecule has 1 heterocycles. The van der Waals surface area contributed by atoms with E-state index >= 15 is 0 Å². The van der Waals surface area contributed by atoms with Crippen molar-refractivity contribution < 1.29 is 4.79 Å². The minimum absolute atomic E-state index is 0.377. The maximum absolute atomic E-state index is 10.3. The molecular formula is C7H10N4O. The van der Waals surface area contributed by atoms with Gasteiger partial charge in [-0.05, 0) is 17.7 Å². The van der Waals surface area contributed by atoms with Crippen LogP contribution in [0, 0.1) is 0 Å². The van der Waals surface area contributed by atoms with Crippen LogP contribution in [0.25, 0.3) is 0 Å². The second kappa shape index (κ2) is 3.56. The van der Waals surface area contributed by atoms with Crippen molar-refractivity contribution in [2.24, 2.45) is 5.73 Å². The monoisotopic (exact) mass is 166 g/mol. The lowest BCUT2D eigenvalue weighted by atomic mass is 10.2. The summed E-state index contributed by atoms with van der Waals surface area (Å²) in [5, 5.41) is 2.44. The van der Waals surface area contributed by atoms with Crippen LogP contribution in [0.15, 0.2) is 18.3 Å². The van der Waals surface area contributed by atoms with Gasteiger partial charge >= 0.3 is 6.03 Å². The number of aromatic nitrogens is 1. The number of primary amides is 1. The number of nitrogens with zero attached hydrogens (tertiary/aromatic N) is 1. The molecule has 0 atom stereocenters. The van der Waals surface area contributed by atoms with Gasteiger partial charge in [0, 0.05) is 12.7 Å². The molecule has 0 saturated carbocycles. The van der Waals surface area contributed by atoms with Gasteiger partial charge in [0.1, 0.15) is 5.82 Å². The second-order valence-corrected chi connectivity index (χ2v) is 2.31. The fourth-order valence-electron chi connectivity index (χ4n) is 0.794. The minimum Gasteiger partial charge on any atom is -0.384 e. The highest BCUT2D eigenvalue weighted by molar-refractivity contribution is 5.71. The zero-order valence-electron chi connectivity index (χ0n) is 6.45. The summed E-state index contributed by atoms with van der Waals surface area (Å²) in [5.74, 6) is 0.429. The Hall–Kier alpha value is -1.78. The molecule has 0 saturated heterocycles. The van der Waals surface area contributed by atoms with Crippen LogP contribution in [0.3, 0.4) is 0 Å². The maximum atomic E-state index is 10.3. The van der Waals surface area contributed by atoms with Crippen LogP contribution in [0.4, 0.5) is 10.6 Å². The van der Waals surface area contributed by atoms with Crippen molar-refractivity contribution in [3.05, 3.63) is 23.9 Å². The predicted molar refractivity (Wildman–Crippen MR) is 45.1 cm³/mol. The molecule has 1 aromatic heterocycles. The van der Waals surface area contributed by atoms with Gasteiger partial charge in [-0.15, -0.1) is 0 Å². The van der Waals surface area contributed by atoms with Gasteiger partial charge in [0.15, 0.2) is 0 Å². The molecule has 2 amide bonds. The SMILES string of the molecule is NC(=O)NCc1ccnc(N)c1. The number of pyridine rings is 1. The first-order chi connectivity index (χ1) is 5.68. The smallest absolute Gasteiger partial charge is 0.312 e. The molecule has 0 aromatic carbocycles. The van der Waals surface area contributed by atoms with Gasteiger partial charge in [0.25, 0.3) is 0 Å². The molecule has 64 valence electrons. The number of nitrogens with two attached hydrogens (primary N) is 2. The summed E-state index contributed by atoms with van der Waals surface area (Å²) in [5.41, 5.74) is 11.2. The Labute approximate surface area is 69.8 Å². The van der Waals surface area contributed by atoms with E-state index in [1.807, 2.05) is 0 Å². The number of hydrogen-bond donors (Lipinski definition) is 3. The van der Waals surface area contributed by atoms with Crippen molar-refractivity contribution in [1.29, 1.82) is 0 Å². The summed E-state index contributed by atoms with van der Waals surface area (Å²) in [6.45, 7) is 0.377. The summed E-state index contributed by atoms with van der Waals surface area (Å²) < 4.78 is 0. The number of carbonyl (C=O) groups excluding carboxylic acids is 1. The largest absolute Gasteiger partial charge is 0.384 e. The molecule has 0 fully saturated rings. The first-order valence-electron chi connectivity index (χ1n) is 3.42. The predicted octanol–water partition coefficient (Wildman–Crippen LogP) is -0.168. The van der Waals surface area contributed by atoms with Gasteiger partial charge in [0.05, 0.1) is 0 Å². The number of urea groups is 1. The molecule has 1 aromatic rings. The van der Waals surface area contributed by atoms with E-state index in [2.05, 4.69) is 10.3 Å². The summed E-state index contributed by atoms with van der Waals surface area (Å²) in [6.07, 6.45) is 1.58. The van der Waals surface area contributed by atoms with Crippen molar-refractivity contribution in [2.45, 2.75) is 6.54 Å². The van der Waals surface area contributed by atoms with E-state index < -0.39 is 6.03 Å². The molecule has 5 heteroatoms. The fraction of sp³-hybridized carbons (Fsp3) is 0.143. The molecule has 5 N–H and O–H groups in total. The van der Waals surface area contributed by atoms with Gasteiger partial charge in [-0.25, -0.2) is 9.78 Å². The third-order valence-electron chi connectivity index (χ3n) is 1.31. The average Bonchev–Trinajstić information content (AvgIpc) is 2.01. The fourth-order valence-corrected chi connectivity index (χ4v) is 0.794. The Kier molecular flexibility index (Phi) is 2.47. The van der Waals surface area contributed by atoms with Crippen LogP contribution < -0.4 is 16.8 Å². The van der Waals surface area contributed by atoms with Gasteiger partial charge in [0.2, 0.25) is 0 Å². The lowest BCUT2D eigenvalue weighted by molar-refractivity contribution is 0.248. The normalized spacial score (nSPS) is 9.33. The van der Waals surface area contributed by atoms with E-state index in [1.165, 1.54) is 0 Å². The Morgan fingerprint density at radius 1 is 1.67 bits per heavy atom. The number of nitrogens with one attached hydrogen (secondary N) is 1. The molecule has 5 nitrogen and oxygen atoms in total. The summed E-state index contributed by atoms with van der Waals surface area (Å²) in [6, 6.07) is 2.88. The van der Waals surface area contributed by atoms with Crippen molar-refractivity contribution in [1.82, 2.24) is 10.3 Å². The summed E-state index contributed by atoms with van der Waals surface area (Å²) in [4.78, 5) is 14.1. The van der Waals surface area contributed by atoms with E-state index in [4.69, 9.17) is 11.5 Å². The molecule has 12 heavy (non-hydrogen) atoms. The van der Waals surface area contributed by atoms with Crippen molar-refractivity contribution >= 4 is 11.8 Å². The zero-order valence-corrected chi connectivity index (χ0v) is 6.45. The third-order valence-corrected chi connectivity index (χ3v) is 1.31. The molecular weight excluding hydrogens is 156 g/mol. The van der Waals surface area contributed by atoms with Crippen LogP contribution in [-0.4, -0.2) is 11.0 Å². The number of nitrogen functional groups attached to an aromatic ring is 1. The van der Waals surface area contributed by atoms with Crippen LogP contribution >= 0.6 is 0 Å². The van der Waals surface area contributed by atoms with E-state index in [-0.39, 0.29) is 0 Å². The van der Waals surface area contributed by atoms with Crippen molar-refractivity contribution in [3.63, 3.8) is 0 Å². The molecule has 0 aliphatic carbocycles. The highest BCUT2D eigenvalue weighted by Crippen LogP contribution is 2.01. The molecule has 1 rings (SSSR count). The average molecular weight is 166 g/mol. The Balaban J connectivity index is 2.57. The number of anilines is 1. The Morgan fingerprint density at radius 2 is 2.42 bits per heavy atom. The number of hydrogen-bond acceptors (Lipinski definition) is 3. The first kappa shape index (κ1) is 8.32. The highest BCUT2D eigenvalue weighted by Gasteiger charge is 1.95. The van der Waals surface area contributed by atoms with Crippen LogP contribution in [-0.2, 0) is 6.54 Å². The summed E-state index contributed by atoms with van der Waals surface area (Å²) >= 11 is 0. The van der Waals surface area contributed by atoms with Crippen molar-refractivity contribution in [2.75, 3.05) is 5.73 Å². The lowest BCUT2D eigenvalue weighted by Crippen LogP contribution is -2.28. The molecule has 0 bridgehead atoms. The highest BCUT2D eigenvalue weighted by atomic mass is 16.2. The molecule has 0 spiro atoms.